The molecule has 0 bridgehead atoms. The molecular formula is C13H15N5O. The van der Waals surface area contributed by atoms with E-state index in [1.807, 2.05) is 31.3 Å². The fraction of sp³-hybridized carbons (Fsp3) is 0.231. The predicted octanol–water partition coefficient (Wildman–Crippen LogP) is 1.53. The van der Waals surface area contributed by atoms with Crippen molar-refractivity contribution in [2.75, 3.05) is 30.8 Å². The third-order valence-corrected chi connectivity index (χ3v) is 3.30. The molecule has 6 nitrogen and oxygen atoms in total. The molecule has 1 fully saturated rings. The monoisotopic (exact) mass is 257 g/mol. The van der Waals surface area contributed by atoms with Crippen LogP contribution in [-0.4, -0.2) is 41.3 Å². The number of benzene rings is 1. The zero-order chi connectivity index (χ0) is 13.4. The van der Waals surface area contributed by atoms with Crippen LogP contribution >= 0.6 is 0 Å². The quantitative estimate of drug-likeness (QED) is 0.856. The Kier molecular flexibility index (Phi) is 2.63. The van der Waals surface area contributed by atoms with Crippen LogP contribution in [0.15, 0.2) is 30.3 Å². The Balaban J connectivity index is 1.85. The number of H-pyrrole nitrogens is 1. The number of likely N-dealkylation sites (N-methyl/N-ethyl adjacent to an activating group) is 1. The lowest BCUT2D eigenvalue weighted by atomic mass is 10.1. The van der Waals surface area contributed by atoms with Crippen molar-refractivity contribution in [2.24, 2.45) is 0 Å². The fourth-order valence-corrected chi connectivity index (χ4v) is 2.19. The van der Waals surface area contributed by atoms with E-state index in [2.05, 4.69) is 10.2 Å². The summed E-state index contributed by atoms with van der Waals surface area (Å²) in [6.07, 6.45) is 0. The molecule has 0 unspecified atom stereocenters. The number of nitrogen functional groups attached to an aromatic ring is 1. The summed E-state index contributed by atoms with van der Waals surface area (Å²) < 4.78 is 0. The molecule has 3 rings (SSSR count). The van der Waals surface area contributed by atoms with E-state index in [4.69, 9.17) is 5.73 Å². The van der Waals surface area contributed by atoms with Crippen molar-refractivity contribution in [2.45, 2.75) is 0 Å². The van der Waals surface area contributed by atoms with Crippen molar-refractivity contribution in [1.82, 2.24) is 15.1 Å². The van der Waals surface area contributed by atoms with E-state index in [9.17, 15) is 4.79 Å². The summed E-state index contributed by atoms with van der Waals surface area (Å²) in [6.45, 7) is 1.49. The van der Waals surface area contributed by atoms with Crippen LogP contribution in [0.5, 0.6) is 0 Å². The molecule has 19 heavy (non-hydrogen) atoms. The van der Waals surface area contributed by atoms with Crippen LogP contribution in [0.1, 0.15) is 0 Å². The number of hydrogen-bond donors (Lipinski definition) is 2. The third kappa shape index (κ3) is 2.01. The number of aromatic nitrogens is 2. The maximum absolute atomic E-state index is 11.9. The van der Waals surface area contributed by atoms with Gasteiger partial charge < -0.3 is 10.6 Å². The fourth-order valence-electron chi connectivity index (χ4n) is 2.19. The Hall–Kier alpha value is -2.50. The van der Waals surface area contributed by atoms with E-state index < -0.39 is 0 Å². The zero-order valence-corrected chi connectivity index (χ0v) is 10.6. The van der Waals surface area contributed by atoms with Crippen LogP contribution in [0.3, 0.4) is 0 Å². The van der Waals surface area contributed by atoms with Gasteiger partial charge in [-0.15, -0.1) is 0 Å². The molecule has 0 spiro atoms. The molecule has 2 aromatic rings. The molecule has 0 atom stereocenters. The minimum absolute atomic E-state index is 0.0403. The SMILES string of the molecule is CN1CCN(c2ccc(-c3cc(N)n[nH]3)cc2)C1=O. The lowest BCUT2D eigenvalue weighted by Crippen LogP contribution is -2.29. The van der Waals surface area contributed by atoms with Gasteiger partial charge in [0.15, 0.2) is 0 Å². The van der Waals surface area contributed by atoms with E-state index in [1.165, 1.54) is 0 Å². The van der Waals surface area contributed by atoms with Crippen LogP contribution in [0.4, 0.5) is 16.3 Å². The first kappa shape index (κ1) is 11.6. The number of urea groups is 1. The molecule has 1 aliphatic rings. The summed E-state index contributed by atoms with van der Waals surface area (Å²) in [6, 6.07) is 9.59. The van der Waals surface area contributed by atoms with Gasteiger partial charge in [0.05, 0.1) is 5.69 Å². The zero-order valence-electron chi connectivity index (χ0n) is 10.6. The molecule has 1 saturated heterocycles. The topological polar surface area (TPSA) is 78.2 Å². The normalized spacial score (nSPS) is 15.3. The molecule has 0 saturated carbocycles. The molecule has 1 aromatic heterocycles. The number of carbonyl (C=O) groups is 1. The first-order chi connectivity index (χ1) is 9.15. The molecule has 3 N–H and O–H groups in total. The third-order valence-electron chi connectivity index (χ3n) is 3.30. The largest absolute Gasteiger partial charge is 0.382 e. The van der Waals surface area contributed by atoms with Crippen molar-refractivity contribution >= 4 is 17.5 Å². The molecule has 0 radical (unpaired) electrons. The van der Waals surface area contributed by atoms with Gasteiger partial charge in [0.1, 0.15) is 5.82 Å². The van der Waals surface area contributed by atoms with Crippen LogP contribution in [0.25, 0.3) is 11.3 Å². The molecule has 1 aromatic carbocycles. The number of nitrogens with two attached hydrogens (primary N) is 1. The van der Waals surface area contributed by atoms with Crippen molar-refractivity contribution in [3.63, 3.8) is 0 Å². The van der Waals surface area contributed by atoms with Gasteiger partial charge in [-0.25, -0.2) is 4.79 Å². The van der Waals surface area contributed by atoms with Gasteiger partial charge in [-0.1, -0.05) is 12.1 Å². The highest BCUT2D eigenvalue weighted by molar-refractivity contribution is 5.94. The highest BCUT2D eigenvalue weighted by Gasteiger charge is 2.26. The van der Waals surface area contributed by atoms with Crippen molar-refractivity contribution in [3.8, 4) is 11.3 Å². The second-order valence-electron chi connectivity index (χ2n) is 4.61. The van der Waals surface area contributed by atoms with Gasteiger partial charge >= 0.3 is 6.03 Å². The van der Waals surface area contributed by atoms with Crippen molar-refractivity contribution in [1.29, 1.82) is 0 Å². The number of nitrogens with zero attached hydrogens (tertiary/aromatic N) is 3. The average molecular weight is 257 g/mol. The Labute approximate surface area is 110 Å². The summed E-state index contributed by atoms with van der Waals surface area (Å²) in [5.41, 5.74) is 8.35. The average Bonchev–Trinajstić information content (AvgIpc) is 2.98. The van der Waals surface area contributed by atoms with Gasteiger partial charge in [-0.05, 0) is 17.7 Å². The second-order valence-corrected chi connectivity index (χ2v) is 4.61. The molecule has 0 aliphatic carbocycles. The van der Waals surface area contributed by atoms with E-state index >= 15 is 0 Å². The smallest absolute Gasteiger partial charge is 0.324 e. The second kappa shape index (κ2) is 4.31. The maximum atomic E-state index is 11.9. The van der Waals surface area contributed by atoms with Crippen molar-refractivity contribution in [3.05, 3.63) is 30.3 Å². The van der Waals surface area contributed by atoms with Crippen molar-refractivity contribution < 1.29 is 4.79 Å². The van der Waals surface area contributed by atoms with Gasteiger partial charge in [-0.2, -0.15) is 5.10 Å². The van der Waals surface area contributed by atoms with Gasteiger partial charge in [0.2, 0.25) is 0 Å². The Bertz CT molecular complexity index is 604. The number of aromatic amines is 1. The highest BCUT2D eigenvalue weighted by Crippen LogP contribution is 2.24. The highest BCUT2D eigenvalue weighted by atomic mass is 16.2. The summed E-state index contributed by atoms with van der Waals surface area (Å²) in [5.74, 6) is 0.468. The van der Waals surface area contributed by atoms with Crippen LogP contribution in [0, 0.1) is 0 Å². The Morgan fingerprint density at radius 3 is 2.53 bits per heavy atom. The number of nitrogens with one attached hydrogen (secondary N) is 1. The van der Waals surface area contributed by atoms with Gasteiger partial charge in [0, 0.05) is 31.9 Å². The minimum Gasteiger partial charge on any atom is -0.382 e. The first-order valence-electron chi connectivity index (χ1n) is 6.09. The van der Waals surface area contributed by atoms with Gasteiger partial charge in [0.25, 0.3) is 0 Å². The van der Waals surface area contributed by atoms with Crippen LogP contribution in [-0.2, 0) is 0 Å². The lowest BCUT2D eigenvalue weighted by molar-refractivity contribution is 0.229. The summed E-state index contributed by atoms with van der Waals surface area (Å²) >= 11 is 0. The molecular weight excluding hydrogens is 242 g/mol. The predicted molar refractivity (Wildman–Crippen MR) is 73.8 cm³/mol. The van der Waals surface area contributed by atoms with E-state index in [-0.39, 0.29) is 6.03 Å². The van der Waals surface area contributed by atoms with Crippen LogP contribution < -0.4 is 10.6 Å². The molecule has 98 valence electrons. The number of rotatable bonds is 2. The molecule has 1 aliphatic heterocycles. The van der Waals surface area contributed by atoms with Crippen LogP contribution in [0.2, 0.25) is 0 Å². The number of hydrogen-bond acceptors (Lipinski definition) is 3. The number of carbonyl (C=O) groups excluding carboxylic acids is 1. The number of amides is 2. The maximum Gasteiger partial charge on any atom is 0.324 e. The first-order valence-corrected chi connectivity index (χ1v) is 6.09. The Morgan fingerprint density at radius 2 is 2.00 bits per heavy atom. The molecule has 2 heterocycles. The molecule has 6 heteroatoms. The van der Waals surface area contributed by atoms with Gasteiger partial charge in [-0.3, -0.25) is 10.00 Å². The summed E-state index contributed by atoms with van der Waals surface area (Å²) in [5, 5.41) is 6.76. The van der Waals surface area contributed by atoms with E-state index in [0.29, 0.717) is 5.82 Å². The van der Waals surface area contributed by atoms with E-state index in [1.54, 1.807) is 15.9 Å². The lowest BCUT2D eigenvalue weighted by Gasteiger charge is -2.16. The Morgan fingerprint density at radius 1 is 1.26 bits per heavy atom. The summed E-state index contributed by atoms with van der Waals surface area (Å²) in [7, 11) is 1.81. The summed E-state index contributed by atoms with van der Waals surface area (Å²) in [4.78, 5) is 15.4. The molecule has 2 amide bonds. The number of anilines is 2. The van der Waals surface area contributed by atoms with E-state index in [0.717, 1.165) is 30.0 Å². The minimum atomic E-state index is 0.0403. The standard InChI is InChI=1S/C13H15N5O/c1-17-6-7-18(13(17)19)10-4-2-9(3-5-10)11-8-12(14)16-15-11/h2-5,8H,6-7H2,1H3,(H3,14,15,16).